The molecule has 122 valence electrons. The third-order valence-electron chi connectivity index (χ3n) is 4.82. The van der Waals surface area contributed by atoms with Crippen LogP contribution in [0.25, 0.3) is 0 Å². The number of carboxylic acids is 1. The molecule has 0 radical (unpaired) electrons. The Balaban J connectivity index is 2.70. The highest BCUT2D eigenvalue weighted by molar-refractivity contribution is 5.82. The van der Waals surface area contributed by atoms with Gasteiger partial charge in [-0.15, -0.1) is 0 Å². The Morgan fingerprint density at radius 1 is 1.19 bits per heavy atom. The van der Waals surface area contributed by atoms with Crippen molar-refractivity contribution in [3.63, 3.8) is 0 Å². The number of hydrogen-bond donors (Lipinski definition) is 2. The van der Waals surface area contributed by atoms with Crippen molar-refractivity contribution in [2.75, 3.05) is 7.05 Å². The predicted molar refractivity (Wildman–Crippen MR) is 83.2 cm³/mol. The molecule has 0 aromatic heterocycles. The summed E-state index contributed by atoms with van der Waals surface area (Å²) in [4.78, 5) is 25.4. The summed E-state index contributed by atoms with van der Waals surface area (Å²) in [7, 11) is 1.73. The molecule has 0 spiro atoms. The standard InChI is InChI=1S/C16H30N2O3/c1-11(16(2,3)4)18(5)15(21)17-13(14(19)20)12-9-7-6-8-10-12/h11-13H,6-10H2,1-5H3,(H,17,21)(H,19,20). The van der Waals surface area contributed by atoms with Crippen LogP contribution in [0.1, 0.15) is 59.8 Å². The van der Waals surface area contributed by atoms with Crippen molar-refractivity contribution in [2.24, 2.45) is 11.3 Å². The average Bonchev–Trinajstić information content (AvgIpc) is 2.42. The number of nitrogens with one attached hydrogen (secondary N) is 1. The van der Waals surface area contributed by atoms with Gasteiger partial charge in [0.05, 0.1) is 0 Å². The summed E-state index contributed by atoms with van der Waals surface area (Å²) in [6.45, 7) is 8.18. The second-order valence-corrected chi connectivity index (χ2v) is 7.32. The zero-order valence-corrected chi connectivity index (χ0v) is 14.0. The van der Waals surface area contributed by atoms with Gasteiger partial charge in [0.1, 0.15) is 6.04 Å². The summed E-state index contributed by atoms with van der Waals surface area (Å²) in [6.07, 6.45) is 5.04. The van der Waals surface area contributed by atoms with Gasteiger partial charge >= 0.3 is 12.0 Å². The van der Waals surface area contributed by atoms with E-state index < -0.39 is 12.0 Å². The molecular weight excluding hydrogens is 268 g/mol. The van der Waals surface area contributed by atoms with E-state index in [0.717, 1.165) is 32.1 Å². The Bertz CT molecular complexity index is 370. The summed E-state index contributed by atoms with van der Waals surface area (Å²) in [5, 5.41) is 12.1. The Morgan fingerprint density at radius 3 is 2.14 bits per heavy atom. The van der Waals surface area contributed by atoms with Crippen molar-refractivity contribution >= 4 is 12.0 Å². The van der Waals surface area contributed by atoms with E-state index in [0.29, 0.717) is 0 Å². The Labute approximate surface area is 128 Å². The number of carbonyl (C=O) groups is 2. The van der Waals surface area contributed by atoms with Crippen molar-refractivity contribution in [1.29, 1.82) is 0 Å². The molecule has 2 unspecified atom stereocenters. The molecule has 1 aliphatic rings. The number of urea groups is 1. The van der Waals surface area contributed by atoms with Crippen molar-refractivity contribution in [3.8, 4) is 0 Å². The topological polar surface area (TPSA) is 69.6 Å². The maximum Gasteiger partial charge on any atom is 0.326 e. The molecule has 0 saturated heterocycles. The van der Waals surface area contributed by atoms with Crippen molar-refractivity contribution in [2.45, 2.75) is 71.9 Å². The number of aliphatic carboxylic acids is 1. The van der Waals surface area contributed by atoms with E-state index in [-0.39, 0.29) is 23.4 Å². The van der Waals surface area contributed by atoms with Gasteiger partial charge in [0.2, 0.25) is 0 Å². The van der Waals surface area contributed by atoms with Crippen LogP contribution in [0, 0.1) is 11.3 Å². The maximum atomic E-state index is 12.3. The zero-order valence-electron chi connectivity index (χ0n) is 14.0. The van der Waals surface area contributed by atoms with E-state index in [1.807, 2.05) is 6.92 Å². The lowest BCUT2D eigenvalue weighted by Gasteiger charge is -2.37. The summed E-state index contributed by atoms with van der Waals surface area (Å²) >= 11 is 0. The monoisotopic (exact) mass is 298 g/mol. The average molecular weight is 298 g/mol. The lowest BCUT2D eigenvalue weighted by molar-refractivity contribution is -0.141. The summed E-state index contributed by atoms with van der Waals surface area (Å²) in [5.41, 5.74) is -0.0460. The van der Waals surface area contributed by atoms with Crippen LogP contribution in [-0.4, -0.2) is 41.1 Å². The van der Waals surface area contributed by atoms with E-state index in [1.165, 1.54) is 0 Å². The van der Waals surface area contributed by atoms with Crippen LogP contribution in [0.2, 0.25) is 0 Å². The fraction of sp³-hybridized carbons (Fsp3) is 0.875. The first-order chi connectivity index (χ1) is 9.64. The molecule has 0 bridgehead atoms. The molecule has 0 aliphatic heterocycles. The largest absolute Gasteiger partial charge is 0.480 e. The van der Waals surface area contributed by atoms with Crippen molar-refractivity contribution in [3.05, 3.63) is 0 Å². The van der Waals surface area contributed by atoms with E-state index >= 15 is 0 Å². The van der Waals surface area contributed by atoms with Gasteiger partial charge < -0.3 is 15.3 Å². The van der Waals surface area contributed by atoms with E-state index in [2.05, 4.69) is 26.1 Å². The van der Waals surface area contributed by atoms with Crippen LogP contribution >= 0.6 is 0 Å². The first kappa shape index (κ1) is 17.8. The van der Waals surface area contributed by atoms with Crippen LogP contribution < -0.4 is 5.32 Å². The van der Waals surface area contributed by atoms with Crippen molar-refractivity contribution < 1.29 is 14.7 Å². The van der Waals surface area contributed by atoms with E-state index in [4.69, 9.17) is 0 Å². The molecule has 2 atom stereocenters. The molecule has 2 amide bonds. The summed E-state index contributed by atoms with van der Waals surface area (Å²) in [6, 6.07) is -1.04. The number of amides is 2. The lowest BCUT2D eigenvalue weighted by atomic mass is 9.84. The number of carboxylic acid groups (broad SMARTS) is 1. The number of nitrogens with zero attached hydrogens (tertiary/aromatic N) is 1. The molecular formula is C16H30N2O3. The van der Waals surface area contributed by atoms with Crippen LogP contribution in [0.15, 0.2) is 0 Å². The SMILES string of the molecule is CC(N(C)C(=O)NC(C(=O)O)C1CCCCC1)C(C)(C)C. The third-order valence-corrected chi connectivity index (χ3v) is 4.82. The van der Waals surface area contributed by atoms with Gasteiger partial charge in [-0.1, -0.05) is 40.0 Å². The van der Waals surface area contributed by atoms with E-state index in [1.54, 1.807) is 11.9 Å². The minimum atomic E-state index is -0.924. The van der Waals surface area contributed by atoms with Gasteiger partial charge in [0, 0.05) is 13.1 Å². The van der Waals surface area contributed by atoms with Crippen LogP contribution in [0.4, 0.5) is 4.79 Å². The molecule has 5 nitrogen and oxygen atoms in total. The Hall–Kier alpha value is -1.26. The molecule has 1 aliphatic carbocycles. The lowest BCUT2D eigenvalue weighted by Crippen LogP contribution is -2.54. The van der Waals surface area contributed by atoms with Crippen LogP contribution in [0.3, 0.4) is 0 Å². The fourth-order valence-corrected chi connectivity index (χ4v) is 2.84. The Kier molecular flexibility index (Phi) is 6.05. The van der Waals surface area contributed by atoms with Gasteiger partial charge in [0.15, 0.2) is 0 Å². The summed E-state index contributed by atoms with van der Waals surface area (Å²) in [5.74, 6) is -0.870. The fourth-order valence-electron chi connectivity index (χ4n) is 2.84. The first-order valence-corrected chi connectivity index (χ1v) is 7.90. The molecule has 21 heavy (non-hydrogen) atoms. The summed E-state index contributed by atoms with van der Waals surface area (Å²) < 4.78 is 0. The smallest absolute Gasteiger partial charge is 0.326 e. The highest BCUT2D eigenvalue weighted by Gasteiger charge is 2.33. The molecule has 0 heterocycles. The van der Waals surface area contributed by atoms with Crippen molar-refractivity contribution in [1.82, 2.24) is 10.2 Å². The normalized spacial score (nSPS) is 19.7. The molecule has 0 aromatic carbocycles. The highest BCUT2D eigenvalue weighted by atomic mass is 16.4. The van der Waals surface area contributed by atoms with Gasteiger partial charge in [-0.2, -0.15) is 0 Å². The molecule has 5 heteroatoms. The number of carbonyl (C=O) groups excluding carboxylic acids is 1. The predicted octanol–water partition coefficient (Wildman–Crippen LogP) is 3.10. The quantitative estimate of drug-likeness (QED) is 0.838. The number of hydrogen-bond acceptors (Lipinski definition) is 2. The Morgan fingerprint density at radius 2 is 1.71 bits per heavy atom. The minimum Gasteiger partial charge on any atom is -0.480 e. The van der Waals surface area contributed by atoms with Gasteiger partial charge in [0.25, 0.3) is 0 Å². The zero-order chi connectivity index (χ0) is 16.2. The van der Waals surface area contributed by atoms with Gasteiger partial charge in [-0.05, 0) is 31.1 Å². The minimum absolute atomic E-state index is 0.0262. The number of rotatable bonds is 4. The molecule has 1 fully saturated rings. The second-order valence-electron chi connectivity index (χ2n) is 7.32. The molecule has 0 aromatic rings. The highest BCUT2D eigenvalue weighted by Crippen LogP contribution is 2.27. The molecule has 1 rings (SSSR count). The molecule has 2 N–H and O–H groups in total. The van der Waals surface area contributed by atoms with Gasteiger partial charge in [-0.3, -0.25) is 0 Å². The van der Waals surface area contributed by atoms with E-state index in [9.17, 15) is 14.7 Å². The van der Waals surface area contributed by atoms with Crippen LogP contribution in [0.5, 0.6) is 0 Å². The first-order valence-electron chi connectivity index (χ1n) is 7.90. The third kappa shape index (κ3) is 4.90. The van der Waals surface area contributed by atoms with Crippen LogP contribution in [-0.2, 0) is 4.79 Å². The van der Waals surface area contributed by atoms with Gasteiger partial charge in [-0.25, -0.2) is 9.59 Å². The second kappa shape index (κ2) is 7.14. The maximum absolute atomic E-state index is 12.3. The molecule has 1 saturated carbocycles.